The Kier molecular flexibility index (Phi) is 3.66. The summed E-state index contributed by atoms with van der Waals surface area (Å²) in [6, 6.07) is 0.202. The Labute approximate surface area is 108 Å². The van der Waals surface area contributed by atoms with Crippen LogP contribution in [0.2, 0.25) is 5.15 Å². The smallest absolute Gasteiger partial charge is 0.365 e. The van der Waals surface area contributed by atoms with Crippen molar-refractivity contribution in [1.29, 1.82) is 0 Å². The van der Waals surface area contributed by atoms with Crippen LogP contribution >= 0.6 is 11.6 Å². The molecule has 1 N–H and O–H groups in total. The number of nitrogens with one attached hydrogen (secondary N) is 1. The van der Waals surface area contributed by atoms with Gasteiger partial charge in [0, 0.05) is 6.04 Å². The maximum atomic E-state index is 12.4. The minimum absolute atomic E-state index is 0.202. The molecule has 7 heteroatoms. The first-order chi connectivity index (χ1) is 8.38. The molecule has 100 valence electrons. The zero-order chi connectivity index (χ0) is 13.3. The number of anilines is 1. The number of aromatic nitrogens is 2. The molecule has 0 bridgehead atoms. The molecule has 0 radical (unpaired) electrons. The van der Waals surface area contributed by atoms with Gasteiger partial charge in [0.2, 0.25) is 0 Å². The van der Waals surface area contributed by atoms with E-state index in [1.807, 2.05) is 0 Å². The van der Waals surface area contributed by atoms with Crippen molar-refractivity contribution < 1.29 is 13.2 Å². The van der Waals surface area contributed by atoms with Crippen molar-refractivity contribution in [1.82, 2.24) is 9.97 Å². The van der Waals surface area contributed by atoms with Gasteiger partial charge in [0.25, 0.3) is 0 Å². The number of alkyl halides is 3. The fourth-order valence-corrected chi connectivity index (χ4v) is 2.33. The molecule has 1 heterocycles. The van der Waals surface area contributed by atoms with Gasteiger partial charge in [-0.1, -0.05) is 24.9 Å². The molecule has 1 aliphatic carbocycles. The molecule has 0 amide bonds. The van der Waals surface area contributed by atoms with E-state index in [0.717, 1.165) is 19.3 Å². The molecule has 0 spiro atoms. The monoisotopic (exact) mass is 279 g/mol. The van der Waals surface area contributed by atoms with Crippen LogP contribution in [0.15, 0.2) is 6.20 Å². The van der Waals surface area contributed by atoms with E-state index in [1.165, 1.54) is 0 Å². The zero-order valence-corrected chi connectivity index (χ0v) is 10.5. The van der Waals surface area contributed by atoms with Gasteiger partial charge in [-0.25, -0.2) is 9.97 Å². The molecule has 1 aliphatic rings. The van der Waals surface area contributed by atoms with Gasteiger partial charge >= 0.3 is 6.18 Å². The highest BCUT2D eigenvalue weighted by Gasteiger charge is 2.34. The van der Waals surface area contributed by atoms with Crippen molar-refractivity contribution in [3.8, 4) is 0 Å². The van der Waals surface area contributed by atoms with Crippen molar-refractivity contribution in [3.05, 3.63) is 17.0 Å². The van der Waals surface area contributed by atoms with Gasteiger partial charge in [-0.05, 0) is 18.8 Å². The lowest BCUT2D eigenvalue weighted by molar-refractivity contribution is -0.141. The van der Waals surface area contributed by atoms with Crippen molar-refractivity contribution in [2.75, 3.05) is 5.32 Å². The molecule has 3 nitrogen and oxygen atoms in total. The summed E-state index contributed by atoms with van der Waals surface area (Å²) in [5.41, 5.74) is -1.07. The molecule has 1 fully saturated rings. The number of rotatable bonds is 2. The lowest BCUT2D eigenvalue weighted by atomic mass is 10.1. The van der Waals surface area contributed by atoms with E-state index in [-0.39, 0.29) is 17.0 Å². The summed E-state index contributed by atoms with van der Waals surface area (Å²) in [6.07, 6.45) is -0.641. The zero-order valence-electron chi connectivity index (χ0n) is 9.76. The Balaban J connectivity index is 2.15. The largest absolute Gasteiger partial charge is 0.434 e. The first kappa shape index (κ1) is 13.4. The third-order valence-corrected chi connectivity index (χ3v) is 3.47. The second-order valence-corrected chi connectivity index (χ2v) is 4.91. The van der Waals surface area contributed by atoms with E-state index in [1.54, 1.807) is 0 Å². The minimum atomic E-state index is -4.52. The Morgan fingerprint density at radius 1 is 1.39 bits per heavy atom. The summed E-state index contributed by atoms with van der Waals surface area (Å²) in [7, 11) is 0. The Hall–Kier alpha value is -1.04. The van der Waals surface area contributed by atoms with E-state index in [0.29, 0.717) is 12.1 Å². The maximum Gasteiger partial charge on any atom is 0.434 e. The van der Waals surface area contributed by atoms with Gasteiger partial charge < -0.3 is 5.32 Å². The average Bonchev–Trinajstić information content (AvgIpc) is 2.66. The molecule has 18 heavy (non-hydrogen) atoms. The van der Waals surface area contributed by atoms with Crippen LogP contribution in [0.3, 0.4) is 0 Å². The van der Waals surface area contributed by atoms with E-state index in [9.17, 15) is 13.2 Å². The molecule has 0 saturated heterocycles. The number of nitrogens with zero attached hydrogens (tertiary/aromatic N) is 2. The van der Waals surface area contributed by atoms with Gasteiger partial charge in [-0.15, -0.1) is 0 Å². The van der Waals surface area contributed by atoms with Gasteiger partial charge in [0.1, 0.15) is 0 Å². The van der Waals surface area contributed by atoms with Gasteiger partial charge in [-0.3, -0.25) is 0 Å². The van der Waals surface area contributed by atoms with Crippen molar-refractivity contribution >= 4 is 17.4 Å². The second kappa shape index (κ2) is 4.91. The predicted octanol–water partition coefficient (Wildman–Crippen LogP) is 3.75. The third-order valence-electron chi connectivity index (χ3n) is 3.20. The number of halogens is 4. The normalized spacial score (nSPS) is 24.3. The van der Waals surface area contributed by atoms with E-state index < -0.39 is 11.9 Å². The topological polar surface area (TPSA) is 37.8 Å². The standard InChI is InChI=1S/C11H13ClF3N3/c1-6-3-2-4-7(6)17-10-9(12)18-8(5-16-10)11(13,14)15/h5-7H,2-4H2,1H3,(H,16,17)/t6-,7-/m0/s1. The SMILES string of the molecule is C[C@H]1CCC[C@@H]1Nc1ncc(C(F)(F)F)nc1Cl. The first-order valence-electron chi connectivity index (χ1n) is 5.74. The number of hydrogen-bond donors (Lipinski definition) is 1. The molecule has 1 aromatic heterocycles. The fraction of sp³-hybridized carbons (Fsp3) is 0.636. The van der Waals surface area contributed by atoms with Crippen LogP contribution in [0.1, 0.15) is 31.9 Å². The van der Waals surface area contributed by atoms with Crippen LogP contribution in [0.4, 0.5) is 19.0 Å². The Morgan fingerprint density at radius 2 is 2.11 bits per heavy atom. The van der Waals surface area contributed by atoms with Crippen LogP contribution in [-0.2, 0) is 6.18 Å². The summed E-state index contributed by atoms with van der Waals surface area (Å²) in [6.45, 7) is 2.09. The van der Waals surface area contributed by atoms with E-state index in [2.05, 4.69) is 22.2 Å². The third kappa shape index (κ3) is 2.85. The Morgan fingerprint density at radius 3 is 2.61 bits per heavy atom. The van der Waals surface area contributed by atoms with Gasteiger partial charge in [0.05, 0.1) is 6.20 Å². The van der Waals surface area contributed by atoms with Crippen molar-refractivity contribution in [2.24, 2.45) is 5.92 Å². The molecule has 0 unspecified atom stereocenters. The highest BCUT2D eigenvalue weighted by molar-refractivity contribution is 6.31. The molecule has 1 aromatic rings. The lowest BCUT2D eigenvalue weighted by Gasteiger charge is -2.18. The molecule has 2 atom stereocenters. The van der Waals surface area contributed by atoms with E-state index >= 15 is 0 Å². The van der Waals surface area contributed by atoms with Crippen LogP contribution in [0, 0.1) is 5.92 Å². The van der Waals surface area contributed by atoms with Crippen LogP contribution < -0.4 is 5.32 Å². The lowest BCUT2D eigenvalue weighted by Crippen LogP contribution is -2.23. The number of hydrogen-bond acceptors (Lipinski definition) is 3. The highest BCUT2D eigenvalue weighted by atomic mass is 35.5. The summed E-state index contributed by atoms with van der Waals surface area (Å²) < 4.78 is 37.2. The van der Waals surface area contributed by atoms with Gasteiger partial charge in [-0.2, -0.15) is 13.2 Å². The molecular formula is C11H13ClF3N3. The summed E-state index contributed by atoms with van der Waals surface area (Å²) in [4.78, 5) is 7.04. The maximum absolute atomic E-state index is 12.4. The molecule has 0 aromatic carbocycles. The van der Waals surface area contributed by atoms with Crippen molar-refractivity contribution in [3.63, 3.8) is 0 Å². The van der Waals surface area contributed by atoms with Crippen LogP contribution in [-0.4, -0.2) is 16.0 Å². The fourth-order valence-electron chi connectivity index (χ4n) is 2.14. The molecule has 2 rings (SSSR count). The first-order valence-corrected chi connectivity index (χ1v) is 6.12. The summed E-state index contributed by atoms with van der Waals surface area (Å²) >= 11 is 5.73. The quantitative estimate of drug-likeness (QED) is 0.896. The van der Waals surface area contributed by atoms with Crippen LogP contribution in [0.5, 0.6) is 0 Å². The second-order valence-electron chi connectivity index (χ2n) is 4.55. The molecule has 1 saturated carbocycles. The summed E-state index contributed by atoms with van der Waals surface area (Å²) in [5, 5.41) is 2.83. The molecule has 0 aliphatic heterocycles. The molecular weight excluding hydrogens is 267 g/mol. The van der Waals surface area contributed by atoms with Crippen molar-refractivity contribution in [2.45, 2.75) is 38.4 Å². The van der Waals surface area contributed by atoms with Crippen LogP contribution in [0.25, 0.3) is 0 Å². The highest BCUT2D eigenvalue weighted by Crippen LogP contribution is 2.32. The minimum Gasteiger partial charge on any atom is -0.365 e. The summed E-state index contributed by atoms with van der Waals surface area (Å²) in [5.74, 6) is 0.688. The van der Waals surface area contributed by atoms with Gasteiger partial charge in [0.15, 0.2) is 16.7 Å². The Bertz CT molecular complexity index is 436. The average molecular weight is 280 g/mol. The predicted molar refractivity (Wildman–Crippen MR) is 62.5 cm³/mol. The van der Waals surface area contributed by atoms with E-state index in [4.69, 9.17) is 11.6 Å².